The standard InChI is InChI=1S/C19H25F4N5.HI/c1-11(8-16-12(2)27-28(5)13(16)3)26-18(24-4)25-10-14-6-7-15(20)9-17(14)19(21,22)23;/h6-7,9,11H,8,10H2,1-5H3,(H2,24,25,26);1H. The molecule has 1 aromatic carbocycles. The third kappa shape index (κ3) is 6.58. The lowest BCUT2D eigenvalue weighted by Gasteiger charge is -2.19. The van der Waals surface area contributed by atoms with Gasteiger partial charge in [0.05, 0.1) is 11.3 Å². The Morgan fingerprint density at radius 3 is 2.45 bits per heavy atom. The fourth-order valence-corrected chi connectivity index (χ4v) is 3.04. The van der Waals surface area contributed by atoms with Gasteiger partial charge in [-0.1, -0.05) is 6.07 Å². The first kappa shape index (κ1) is 25.2. The second kappa shape index (κ2) is 10.3. The van der Waals surface area contributed by atoms with Crippen LogP contribution in [-0.2, 0) is 26.2 Å². The van der Waals surface area contributed by atoms with Gasteiger partial charge in [-0.3, -0.25) is 9.67 Å². The largest absolute Gasteiger partial charge is 0.416 e. The molecule has 0 saturated carbocycles. The van der Waals surface area contributed by atoms with E-state index in [1.54, 1.807) is 0 Å². The molecule has 162 valence electrons. The Morgan fingerprint density at radius 1 is 1.28 bits per heavy atom. The fourth-order valence-electron chi connectivity index (χ4n) is 3.04. The number of hydrogen-bond acceptors (Lipinski definition) is 2. The molecule has 1 aromatic heterocycles. The van der Waals surface area contributed by atoms with Crippen LogP contribution in [0.3, 0.4) is 0 Å². The highest BCUT2D eigenvalue weighted by atomic mass is 127. The maximum Gasteiger partial charge on any atom is 0.416 e. The summed E-state index contributed by atoms with van der Waals surface area (Å²) in [5, 5.41) is 10.4. The van der Waals surface area contributed by atoms with Crippen LogP contribution >= 0.6 is 24.0 Å². The van der Waals surface area contributed by atoms with Gasteiger partial charge in [-0.05, 0) is 50.5 Å². The van der Waals surface area contributed by atoms with Crippen molar-refractivity contribution in [2.24, 2.45) is 12.0 Å². The van der Waals surface area contributed by atoms with E-state index in [4.69, 9.17) is 0 Å². The lowest BCUT2D eigenvalue weighted by Crippen LogP contribution is -2.43. The van der Waals surface area contributed by atoms with Crippen LogP contribution in [0.2, 0.25) is 0 Å². The van der Waals surface area contributed by atoms with Gasteiger partial charge in [-0.15, -0.1) is 24.0 Å². The number of alkyl halides is 3. The van der Waals surface area contributed by atoms with E-state index >= 15 is 0 Å². The highest BCUT2D eigenvalue weighted by Crippen LogP contribution is 2.32. The number of guanidine groups is 1. The lowest BCUT2D eigenvalue weighted by atomic mass is 10.1. The third-order valence-corrected chi connectivity index (χ3v) is 4.60. The van der Waals surface area contributed by atoms with Crippen molar-refractivity contribution in [1.29, 1.82) is 0 Å². The van der Waals surface area contributed by atoms with Gasteiger partial charge in [-0.2, -0.15) is 18.3 Å². The molecule has 0 amide bonds. The number of halogens is 5. The normalized spacial score (nSPS) is 13.1. The second-order valence-electron chi connectivity index (χ2n) is 6.75. The minimum Gasteiger partial charge on any atom is -0.354 e. The summed E-state index contributed by atoms with van der Waals surface area (Å²) in [5.41, 5.74) is 2.08. The van der Waals surface area contributed by atoms with Crippen molar-refractivity contribution in [3.05, 3.63) is 52.1 Å². The summed E-state index contributed by atoms with van der Waals surface area (Å²) in [6, 6.07) is 2.62. The second-order valence-corrected chi connectivity index (χ2v) is 6.75. The van der Waals surface area contributed by atoms with Crippen LogP contribution in [0.1, 0.15) is 35.0 Å². The molecule has 1 heterocycles. The molecule has 0 aliphatic rings. The van der Waals surface area contributed by atoms with Gasteiger partial charge in [0.1, 0.15) is 5.82 Å². The van der Waals surface area contributed by atoms with Gasteiger partial charge < -0.3 is 10.6 Å². The van der Waals surface area contributed by atoms with E-state index < -0.39 is 17.6 Å². The summed E-state index contributed by atoms with van der Waals surface area (Å²) in [4.78, 5) is 4.06. The molecular weight excluding hydrogens is 501 g/mol. The molecule has 2 rings (SSSR count). The van der Waals surface area contributed by atoms with E-state index in [-0.39, 0.29) is 42.1 Å². The number of nitrogens with one attached hydrogen (secondary N) is 2. The quantitative estimate of drug-likeness (QED) is 0.267. The number of aromatic nitrogens is 2. The Labute approximate surface area is 185 Å². The number of aliphatic imine (C=N–C) groups is 1. The lowest BCUT2D eigenvalue weighted by molar-refractivity contribution is -0.138. The zero-order valence-corrected chi connectivity index (χ0v) is 19.3. The maximum absolute atomic E-state index is 13.2. The van der Waals surface area contributed by atoms with Crippen LogP contribution < -0.4 is 10.6 Å². The van der Waals surface area contributed by atoms with Crippen LogP contribution in [0.5, 0.6) is 0 Å². The average Bonchev–Trinajstić information content (AvgIpc) is 2.84. The molecule has 0 aliphatic heterocycles. The Bertz CT molecular complexity index is 861. The topological polar surface area (TPSA) is 54.2 Å². The SMILES string of the molecule is CN=C(NCc1ccc(F)cc1C(F)(F)F)NC(C)Cc1c(C)nn(C)c1C.I. The maximum atomic E-state index is 13.2. The van der Waals surface area contributed by atoms with Gasteiger partial charge >= 0.3 is 6.18 Å². The summed E-state index contributed by atoms with van der Waals surface area (Å²) in [7, 11) is 3.42. The molecule has 1 atom stereocenters. The molecule has 10 heteroatoms. The first-order valence-electron chi connectivity index (χ1n) is 8.84. The molecule has 29 heavy (non-hydrogen) atoms. The predicted octanol–water partition coefficient (Wildman–Crippen LogP) is 4.11. The Kier molecular flexibility index (Phi) is 8.91. The van der Waals surface area contributed by atoms with Crippen molar-refractivity contribution in [3.63, 3.8) is 0 Å². The predicted molar refractivity (Wildman–Crippen MR) is 116 cm³/mol. The van der Waals surface area contributed by atoms with Crippen LogP contribution in [0, 0.1) is 19.7 Å². The number of nitrogens with zero attached hydrogens (tertiary/aromatic N) is 3. The van der Waals surface area contributed by atoms with Crippen molar-refractivity contribution in [2.75, 3.05) is 7.05 Å². The minimum atomic E-state index is -4.63. The fraction of sp³-hybridized carbons (Fsp3) is 0.474. The van der Waals surface area contributed by atoms with E-state index in [0.29, 0.717) is 18.4 Å². The zero-order chi connectivity index (χ0) is 21.1. The van der Waals surface area contributed by atoms with E-state index in [1.165, 1.54) is 7.05 Å². The summed E-state index contributed by atoms with van der Waals surface area (Å²) in [5.74, 6) is -0.557. The summed E-state index contributed by atoms with van der Waals surface area (Å²) in [6.07, 6.45) is -3.94. The van der Waals surface area contributed by atoms with Crippen molar-refractivity contribution in [1.82, 2.24) is 20.4 Å². The van der Waals surface area contributed by atoms with Crippen molar-refractivity contribution >= 4 is 29.9 Å². The van der Waals surface area contributed by atoms with Gasteiger partial charge in [0.25, 0.3) is 0 Å². The van der Waals surface area contributed by atoms with Crippen LogP contribution in [0.25, 0.3) is 0 Å². The molecular formula is C19H26F4IN5. The van der Waals surface area contributed by atoms with Crippen LogP contribution in [0.15, 0.2) is 23.2 Å². The molecule has 0 bridgehead atoms. The van der Waals surface area contributed by atoms with Gasteiger partial charge in [-0.25, -0.2) is 4.39 Å². The average molecular weight is 527 g/mol. The zero-order valence-electron chi connectivity index (χ0n) is 17.0. The van der Waals surface area contributed by atoms with Crippen LogP contribution in [0.4, 0.5) is 17.6 Å². The van der Waals surface area contributed by atoms with E-state index in [1.807, 2.05) is 32.5 Å². The van der Waals surface area contributed by atoms with Gasteiger partial charge in [0, 0.05) is 32.4 Å². The Balaban J connectivity index is 0.00000420. The minimum absolute atomic E-state index is 0. The molecule has 2 N–H and O–H groups in total. The molecule has 0 aliphatic carbocycles. The highest BCUT2D eigenvalue weighted by molar-refractivity contribution is 14.0. The van der Waals surface area contributed by atoms with Gasteiger partial charge in [0.15, 0.2) is 5.96 Å². The molecule has 0 spiro atoms. The van der Waals surface area contributed by atoms with Crippen molar-refractivity contribution < 1.29 is 17.6 Å². The number of rotatable bonds is 5. The van der Waals surface area contributed by atoms with E-state index in [0.717, 1.165) is 29.1 Å². The third-order valence-electron chi connectivity index (χ3n) is 4.60. The summed E-state index contributed by atoms with van der Waals surface area (Å²) < 4.78 is 54.4. The molecule has 0 radical (unpaired) electrons. The first-order valence-corrected chi connectivity index (χ1v) is 8.84. The summed E-state index contributed by atoms with van der Waals surface area (Å²) >= 11 is 0. The smallest absolute Gasteiger partial charge is 0.354 e. The number of benzene rings is 1. The molecule has 5 nitrogen and oxygen atoms in total. The molecule has 0 fully saturated rings. The summed E-state index contributed by atoms with van der Waals surface area (Å²) in [6.45, 7) is 5.75. The molecule has 1 unspecified atom stereocenters. The van der Waals surface area contributed by atoms with E-state index in [2.05, 4.69) is 20.7 Å². The Hall–Kier alpha value is -1.85. The first-order chi connectivity index (χ1) is 13.0. The van der Waals surface area contributed by atoms with Crippen molar-refractivity contribution in [2.45, 2.75) is 46.0 Å². The monoisotopic (exact) mass is 527 g/mol. The van der Waals surface area contributed by atoms with Crippen molar-refractivity contribution in [3.8, 4) is 0 Å². The molecule has 0 saturated heterocycles. The number of hydrogen-bond donors (Lipinski definition) is 2. The molecule has 2 aromatic rings. The van der Waals surface area contributed by atoms with Crippen LogP contribution in [-0.4, -0.2) is 28.8 Å². The number of aryl methyl sites for hydroxylation is 2. The Morgan fingerprint density at radius 2 is 1.93 bits per heavy atom. The highest BCUT2D eigenvalue weighted by Gasteiger charge is 2.33. The van der Waals surface area contributed by atoms with E-state index in [9.17, 15) is 17.6 Å². The van der Waals surface area contributed by atoms with Gasteiger partial charge in [0.2, 0.25) is 0 Å².